The first-order chi connectivity index (χ1) is 15.0. The SMILES string of the molecule is CCn1cnc2c(-c3ccc(Oc4ccc(S(=O)(=O)CC)cc4OC)nc3)cnnc21. The van der Waals surface area contributed by atoms with Crippen LogP contribution in [0.25, 0.3) is 22.3 Å². The number of benzene rings is 1. The lowest BCUT2D eigenvalue weighted by molar-refractivity contribution is 0.373. The Morgan fingerprint density at radius 3 is 2.55 bits per heavy atom. The Morgan fingerprint density at radius 2 is 1.87 bits per heavy atom. The van der Waals surface area contributed by atoms with Crippen LogP contribution in [0.2, 0.25) is 0 Å². The summed E-state index contributed by atoms with van der Waals surface area (Å²) in [5.74, 6) is 1.02. The molecule has 0 N–H and O–H groups in total. The number of rotatable bonds is 7. The third kappa shape index (κ3) is 3.93. The van der Waals surface area contributed by atoms with Crippen molar-refractivity contribution in [2.45, 2.75) is 25.3 Å². The Morgan fingerprint density at radius 1 is 1.03 bits per heavy atom. The van der Waals surface area contributed by atoms with E-state index in [1.807, 2.05) is 17.6 Å². The highest BCUT2D eigenvalue weighted by molar-refractivity contribution is 7.91. The molecule has 3 heterocycles. The van der Waals surface area contributed by atoms with Crippen LogP contribution in [0, 0.1) is 0 Å². The third-order valence-electron chi connectivity index (χ3n) is 4.88. The molecule has 31 heavy (non-hydrogen) atoms. The highest BCUT2D eigenvalue weighted by Crippen LogP contribution is 2.34. The summed E-state index contributed by atoms with van der Waals surface area (Å²) in [5, 5.41) is 8.25. The molecule has 0 radical (unpaired) electrons. The molecule has 160 valence electrons. The lowest BCUT2D eigenvalue weighted by Gasteiger charge is -2.11. The van der Waals surface area contributed by atoms with Crippen molar-refractivity contribution >= 4 is 21.0 Å². The van der Waals surface area contributed by atoms with Crippen molar-refractivity contribution < 1.29 is 17.9 Å². The molecule has 0 spiro atoms. The summed E-state index contributed by atoms with van der Waals surface area (Å²) in [6.45, 7) is 4.36. The number of hydrogen-bond donors (Lipinski definition) is 0. The number of methoxy groups -OCH3 is 1. The van der Waals surface area contributed by atoms with E-state index in [0.29, 0.717) is 23.0 Å². The van der Waals surface area contributed by atoms with Crippen LogP contribution in [-0.4, -0.2) is 46.0 Å². The number of nitrogens with zero attached hydrogens (tertiary/aromatic N) is 5. The molecule has 0 aliphatic carbocycles. The van der Waals surface area contributed by atoms with Crippen LogP contribution < -0.4 is 9.47 Å². The minimum Gasteiger partial charge on any atom is -0.493 e. The highest BCUT2D eigenvalue weighted by atomic mass is 32.2. The molecular weight excluding hydrogens is 418 g/mol. The van der Waals surface area contributed by atoms with E-state index in [0.717, 1.165) is 23.2 Å². The van der Waals surface area contributed by atoms with Crippen LogP contribution in [0.3, 0.4) is 0 Å². The molecule has 0 aliphatic rings. The first-order valence-corrected chi connectivity index (χ1v) is 11.3. The van der Waals surface area contributed by atoms with E-state index in [1.54, 1.807) is 37.8 Å². The van der Waals surface area contributed by atoms with E-state index in [-0.39, 0.29) is 10.6 Å². The molecule has 0 amide bonds. The number of hydrogen-bond acceptors (Lipinski definition) is 8. The summed E-state index contributed by atoms with van der Waals surface area (Å²) in [4.78, 5) is 9.00. The lowest BCUT2D eigenvalue weighted by Crippen LogP contribution is -2.04. The summed E-state index contributed by atoms with van der Waals surface area (Å²) < 4.78 is 37.3. The Kier molecular flexibility index (Phi) is 5.55. The number of ether oxygens (including phenoxy) is 2. The summed E-state index contributed by atoms with van der Waals surface area (Å²) in [6.07, 6.45) is 5.06. The maximum atomic E-state index is 12.1. The number of aryl methyl sites for hydroxylation is 1. The smallest absolute Gasteiger partial charge is 0.219 e. The molecule has 4 aromatic rings. The largest absolute Gasteiger partial charge is 0.493 e. The highest BCUT2D eigenvalue weighted by Gasteiger charge is 2.16. The fourth-order valence-electron chi connectivity index (χ4n) is 3.12. The van der Waals surface area contributed by atoms with Crippen molar-refractivity contribution in [3.8, 4) is 28.5 Å². The second-order valence-corrected chi connectivity index (χ2v) is 8.94. The quantitative estimate of drug-likeness (QED) is 0.430. The van der Waals surface area contributed by atoms with Crippen molar-refractivity contribution in [1.82, 2.24) is 24.7 Å². The van der Waals surface area contributed by atoms with Gasteiger partial charge in [0.25, 0.3) is 0 Å². The molecule has 0 fully saturated rings. The predicted molar refractivity (Wildman–Crippen MR) is 115 cm³/mol. The van der Waals surface area contributed by atoms with E-state index in [2.05, 4.69) is 20.2 Å². The van der Waals surface area contributed by atoms with Crippen molar-refractivity contribution in [2.24, 2.45) is 0 Å². The van der Waals surface area contributed by atoms with Crippen molar-refractivity contribution in [3.63, 3.8) is 0 Å². The number of fused-ring (bicyclic) bond motifs is 1. The van der Waals surface area contributed by atoms with E-state index < -0.39 is 9.84 Å². The number of pyridine rings is 1. The Bertz CT molecular complexity index is 1330. The molecule has 1 aromatic carbocycles. The van der Waals surface area contributed by atoms with Gasteiger partial charge in [0, 0.05) is 36.0 Å². The maximum absolute atomic E-state index is 12.1. The van der Waals surface area contributed by atoms with Gasteiger partial charge in [0.15, 0.2) is 27.0 Å². The number of imidazole rings is 1. The van der Waals surface area contributed by atoms with Gasteiger partial charge in [-0.05, 0) is 25.1 Å². The summed E-state index contributed by atoms with van der Waals surface area (Å²) in [5.41, 5.74) is 3.11. The van der Waals surface area contributed by atoms with Gasteiger partial charge in [-0.2, -0.15) is 5.10 Å². The zero-order valence-electron chi connectivity index (χ0n) is 17.3. The fraction of sp³-hybridized carbons (Fsp3) is 0.238. The minimum absolute atomic E-state index is 0.00695. The molecule has 10 heteroatoms. The van der Waals surface area contributed by atoms with Crippen molar-refractivity contribution in [3.05, 3.63) is 49.1 Å². The second kappa shape index (κ2) is 8.31. The Hall–Kier alpha value is -3.53. The molecule has 4 rings (SSSR count). The van der Waals surface area contributed by atoms with Gasteiger partial charge in [-0.3, -0.25) is 0 Å². The lowest BCUT2D eigenvalue weighted by atomic mass is 10.1. The van der Waals surface area contributed by atoms with Crippen molar-refractivity contribution in [2.75, 3.05) is 12.9 Å². The van der Waals surface area contributed by atoms with Gasteiger partial charge < -0.3 is 14.0 Å². The fourth-order valence-corrected chi connectivity index (χ4v) is 4.02. The second-order valence-electron chi connectivity index (χ2n) is 6.66. The number of sulfone groups is 1. The standard InChI is InChI=1S/C21H21N5O4S/c1-4-26-13-23-20-16(12-24-25-21(20)26)14-6-9-19(22-11-14)30-17-8-7-15(10-18(17)29-3)31(27,28)5-2/h6-13H,4-5H2,1-3H3. The molecule has 0 bridgehead atoms. The van der Waals surface area contributed by atoms with Gasteiger partial charge in [-0.1, -0.05) is 6.92 Å². The van der Waals surface area contributed by atoms with E-state index in [9.17, 15) is 8.42 Å². The van der Waals surface area contributed by atoms with Crippen LogP contribution in [0.15, 0.2) is 53.9 Å². The van der Waals surface area contributed by atoms with Gasteiger partial charge in [-0.15, -0.1) is 5.10 Å². The molecule has 0 aliphatic heterocycles. The minimum atomic E-state index is -3.34. The molecule has 9 nitrogen and oxygen atoms in total. The molecule has 0 saturated heterocycles. The van der Waals surface area contributed by atoms with Crippen LogP contribution in [0.4, 0.5) is 0 Å². The number of aromatic nitrogens is 5. The third-order valence-corrected chi connectivity index (χ3v) is 6.61. The average Bonchev–Trinajstić information content (AvgIpc) is 3.23. The Balaban J connectivity index is 1.62. The molecule has 0 unspecified atom stereocenters. The summed E-state index contributed by atoms with van der Waals surface area (Å²) >= 11 is 0. The van der Waals surface area contributed by atoms with Gasteiger partial charge in [0.1, 0.15) is 5.52 Å². The molecule has 0 atom stereocenters. The normalized spacial score (nSPS) is 11.6. The molecule has 0 saturated carbocycles. The first-order valence-electron chi connectivity index (χ1n) is 9.68. The topological polar surface area (TPSA) is 109 Å². The zero-order chi connectivity index (χ0) is 22.0. The predicted octanol–water partition coefficient (Wildman–Crippen LogP) is 3.50. The van der Waals surface area contributed by atoms with Gasteiger partial charge in [0.2, 0.25) is 5.88 Å². The zero-order valence-corrected chi connectivity index (χ0v) is 18.1. The van der Waals surface area contributed by atoms with Gasteiger partial charge >= 0.3 is 0 Å². The Labute approximate surface area is 179 Å². The summed E-state index contributed by atoms with van der Waals surface area (Å²) in [6, 6.07) is 8.08. The van der Waals surface area contributed by atoms with Crippen molar-refractivity contribution in [1.29, 1.82) is 0 Å². The summed E-state index contributed by atoms with van der Waals surface area (Å²) in [7, 11) is -1.89. The monoisotopic (exact) mass is 439 g/mol. The van der Waals surface area contributed by atoms with Gasteiger partial charge in [-0.25, -0.2) is 18.4 Å². The van der Waals surface area contributed by atoms with E-state index >= 15 is 0 Å². The maximum Gasteiger partial charge on any atom is 0.219 e. The van der Waals surface area contributed by atoms with E-state index in [1.165, 1.54) is 19.2 Å². The molecule has 3 aromatic heterocycles. The van der Waals surface area contributed by atoms with Crippen LogP contribution in [0.5, 0.6) is 17.4 Å². The van der Waals surface area contributed by atoms with Crippen LogP contribution >= 0.6 is 0 Å². The van der Waals surface area contributed by atoms with Crippen LogP contribution in [-0.2, 0) is 16.4 Å². The molecular formula is C21H21N5O4S. The van der Waals surface area contributed by atoms with Crippen LogP contribution in [0.1, 0.15) is 13.8 Å². The average molecular weight is 439 g/mol. The first kappa shape index (κ1) is 20.7. The van der Waals surface area contributed by atoms with E-state index in [4.69, 9.17) is 9.47 Å². The van der Waals surface area contributed by atoms with Gasteiger partial charge in [0.05, 0.1) is 30.3 Å².